The molecule has 0 fully saturated rings. The minimum absolute atomic E-state index is 0.0719. The Balaban J connectivity index is 2.00. The molecule has 0 aromatic heterocycles. The van der Waals surface area contributed by atoms with Gasteiger partial charge in [0.1, 0.15) is 16.4 Å². The molecule has 0 bridgehead atoms. The number of carbonyl (C=O) groups is 1. The van der Waals surface area contributed by atoms with Crippen LogP contribution in [0, 0.1) is 9.81 Å². The molecule has 0 amide bonds. The second-order valence-electron chi connectivity index (χ2n) is 7.12. The van der Waals surface area contributed by atoms with Crippen LogP contribution in [-0.2, 0) is 21.4 Å². The van der Waals surface area contributed by atoms with E-state index >= 15 is 0 Å². The molecule has 1 atom stereocenters. The Hall–Kier alpha value is -3.15. The lowest BCUT2D eigenvalue weighted by Gasteiger charge is -2.16. The van der Waals surface area contributed by atoms with Crippen LogP contribution in [0.3, 0.4) is 0 Å². The lowest BCUT2D eigenvalue weighted by molar-refractivity contribution is 0.103. The molecule has 0 saturated heterocycles. The number of Topliss-reactive ketones (excluding diaryl/α,β-unsaturated/α-hetero) is 1. The van der Waals surface area contributed by atoms with Gasteiger partial charge in [0, 0.05) is 11.1 Å². The molecule has 0 saturated carbocycles. The molecule has 32 heavy (non-hydrogen) atoms. The number of ether oxygens (including phenoxy) is 1. The molecule has 9 nitrogen and oxygen atoms in total. The zero-order chi connectivity index (χ0) is 23.5. The van der Waals surface area contributed by atoms with Crippen molar-refractivity contribution in [1.29, 1.82) is 0 Å². The van der Waals surface area contributed by atoms with Gasteiger partial charge in [-0.05, 0) is 69.2 Å². The van der Waals surface area contributed by atoms with Crippen LogP contribution in [0.15, 0.2) is 84.2 Å². The number of rotatable bonds is 8. The molecule has 0 spiro atoms. The standard InChI is InChI=1S/C21H18N2O7S2/c1-13-3-4-14(2)18(11-13)21(24)15-5-10-19(20(12-15)32(28,29)23-26)30-16-6-8-17(9-7-16)31(27)22-25/h5-12H,3-4H2,1-2H3. The van der Waals surface area contributed by atoms with Crippen LogP contribution < -0.4 is 4.74 Å². The number of hydrogen-bond donors (Lipinski definition) is 0. The van der Waals surface area contributed by atoms with Crippen molar-refractivity contribution >= 4 is 27.2 Å². The summed E-state index contributed by atoms with van der Waals surface area (Å²) < 4.78 is 46.2. The van der Waals surface area contributed by atoms with Crippen LogP contribution in [0.25, 0.3) is 0 Å². The first kappa shape index (κ1) is 23.5. The molecule has 3 rings (SSSR count). The molecule has 1 aliphatic rings. The van der Waals surface area contributed by atoms with E-state index in [9.17, 15) is 27.6 Å². The summed E-state index contributed by atoms with van der Waals surface area (Å²) >= 11 is -2.07. The minimum Gasteiger partial charge on any atom is -0.583 e. The Labute approximate surface area is 187 Å². The van der Waals surface area contributed by atoms with E-state index in [1.165, 1.54) is 36.4 Å². The van der Waals surface area contributed by atoms with Crippen molar-refractivity contribution in [3.63, 3.8) is 0 Å². The summed E-state index contributed by atoms with van der Waals surface area (Å²) in [6.45, 7) is 3.75. The van der Waals surface area contributed by atoms with Crippen LogP contribution in [0.5, 0.6) is 11.5 Å². The maximum atomic E-state index is 13.0. The van der Waals surface area contributed by atoms with Crippen molar-refractivity contribution in [3.05, 3.63) is 80.6 Å². The molecule has 1 unspecified atom stereocenters. The van der Waals surface area contributed by atoms with E-state index < -0.39 is 26.3 Å². The van der Waals surface area contributed by atoms with Gasteiger partial charge in [0.25, 0.3) is 0 Å². The smallest absolute Gasteiger partial charge is 0.320 e. The highest BCUT2D eigenvalue weighted by Gasteiger charge is 2.25. The number of nitrogens with zero attached hydrogens (tertiary/aromatic N) is 2. The van der Waals surface area contributed by atoms with Crippen molar-refractivity contribution in [2.45, 2.75) is 36.5 Å². The van der Waals surface area contributed by atoms with Crippen LogP contribution in [0.2, 0.25) is 0 Å². The molecule has 166 valence electrons. The van der Waals surface area contributed by atoms with Gasteiger partial charge in [-0.25, -0.2) is 0 Å². The first-order valence-electron chi connectivity index (χ1n) is 9.34. The summed E-state index contributed by atoms with van der Waals surface area (Å²) in [5.41, 5.74) is 2.48. The van der Waals surface area contributed by atoms with E-state index in [4.69, 9.17) is 4.74 Å². The summed E-state index contributed by atoms with van der Waals surface area (Å²) in [5, 5.41) is 0. The van der Waals surface area contributed by atoms with Gasteiger partial charge in [-0.15, -0.1) is 4.91 Å². The number of benzene rings is 2. The summed E-state index contributed by atoms with van der Waals surface area (Å²) in [6.07, 6.45) is 3.35. The van der Waals surface area contributed by atoms with Gasteiger partial charge in [-0.3, -0.25) is 4.79 Å². The SMILES string of the molecule is CC1=CC(C(=O)c2ccc(Oc3ccc([S+]([O-])N=O)cc3)c(S(=O)(=O)N=O)c2)=C(C)CC1. The molecule has 11 heteroatoms. The number of allylic oxidation sites excluding steroid dienone is 4. The van der Waals surface area contributed by atoms with Gasteiger partial charge in [0.05, 0.1) is 4.58 Å². The Morgan fingerprint density at radius 3 is 2.38 bits per heavy atom. The summed E-state index contributed by atoms with van der Waals surface area (Å²) in [5.74, 6) is -0.448. The number of sulfonamides is 1. The van der Waals surface area contributed by atoms with Crippen molar-refractivity contribution in [2.75, 3.05) is 0 Å². The molecule has 0 aliphatic heterocycles. The average molecular weight is 475 g/mol. The van der Waals surface area contributed by atoms with Crippen LogP contribution in [-0.4, -0.2) is 18.8 Å². The Kier molecular flexibility index (Phi) is 7.02. The predicted molar refractivity (Wildman–Crippen MR) is 118 cm³/mol. The highest BCUT2D eigenvalue weighted by Crippen LogP contribution is 2.33. The Morgan fingerprint density at radius 2 is 1.75 bits per heavy atom. The molecule has 2 aromatic rings. The summed E-state index contributed by atoms with van der Waals surface area (Å²) in [4.78, 5) is 34.0. The molecule has 2 aromatic carbocycles. The monoisotopic (exact) mass is 474 g/mol. The fourth-order valence-corrected chi connectivity index (χ4v) is 4.32. The van der Waals surface area contributed by atoms with Gasteiger partial charge in [-0.2, -0.15) is 8.42 Å². The molecule has 0 heterocycles. The topological polar surface area (TPSA) is 142 Å². The lowest BCUT2D eigenvalue weighted by atomic mass is 9.89. The molecular formula is C21H18N2O7S2. The molecular weight excluding hydrogens is 456 g/mol. The first-order valence-corrected chi connectivity index (χ1v) is 11.9. The molecule has 1 aliphatic carbocycles. The second kappa shape index (κ2) is 9.55. The van der Waals surface area contributed by atoms with Crippen molar-refractivity contribution < 1.29 is 22.5 Å². The summed E-state index contributed by atoms with van der Waals surface area (Å²) in [6, 6.07) is 9.08. The minimum atomic E-state index is -4.63. The van der Waals surface area contributed by atoms with Gasteiger partial charge in [0.15, 0.2) is 26.6 Å². The highest BCUT2D eigenvalue weighted by molar-refractivity contribution is 7.90. The maximum Gasteiger partial charge on any atom is 0.320 e. The normalized spacial score (nSPS) is 15.0. The van der Waals surface area contributed by atoms with Crippen molar-refractivity contribution in [1.82, 2.24) is 0 Å². The summed E-state index contributed by atoms with van der Waals surface area (Å²) in [7, 11) is -4.63. The zero-order valence-corrected chi connectivity index (χ0v) is 18.7. The van der Waals surface area contributed by atoms with Crippen LogP contribution in [0.4, 0.5) is 0 Å². The van der Waals surface area contributed by atoms with E-state index in [2.05, 4.69) is 9.16 Å². The van der Waals surface area contributed by atoms with Crippen molar-refractivity contribution in [3.8, 4) is 11.5 Å². The van der Waals surface area contributed by atoms with E-state index in [1.54, 1.807) is 6.08 Å². The van der Waals surface area contributed by atoms with Crippen molar-refractivity contribution in [2.24, 2.45) is 9.16 Å². The number of ketones is 1. The van der Waals surface area contributed by atoms with Crippen LogP contribution >= 0.6 is 0 Å². The molecule has 0 N–H and O–H groups in total. The van der Waals surface area contributed by atoms with Gasteiger partial charge in [0.2, 0.25) is 0 Å². The largest absolute Gasteiger partial charge is 0.583 e. The third-order valence-electron chi connectivity index (χ3n) is 4.89. The zero-order valence-electron chi connectivity index (χ0n) is 17.1. The quantitative estimate of drug-likeness (QED) is 0.299. The number of carbonyl (C=O) groups excluding carboxylic acids is 1. The van der Waals surface area contributed by atoms with Gasteiger partial charge >= 0.3 is 10.0 Å². The van der Waals surface area contributed by atoms with E-state index in [1.807, 2.05) is 13.8 Å². The number of nitroso groups, excluding NO2 is 2. The predicted octanol–water partition coefficient (Wildman–Crippen LogP) is 4.96. The average Bonchev–Trinajstić information content (AvgIpc) is 2.80. The third-order valence-corrected chi connectivity index (χ3v) is 6.77. The maximum absolute atomic E-state index is 13.0. The van der Waals surface area contributed by atoms with Gasteiger partial charge in [-0.1, -0.05) is 22.1 Å². The Morgan fingerprint density at radius 1 is 1.06 bits per heavy atom. The second-order valence-corrected chi connectivity index (χ2v) is 9.78. The van der Waals surface area contributed by atoms with E-state index in [0.717, 1.165) is 30.1 Å². The Bertz CT molecular complexity index is 1250. The lowest BCUT2D eigenvalue weighted by Crippen LogP contribution is -2.09. The molecule has 0 radical (unpaired) electrons. The fourth-order valence-electron chi connectivity index (χ4n) is 3.15. The van der Waals surface area contributed by atoms with E-state index in [-0.39, 0.29) is 27.7 Å². The number of hydrogen-bond acceptors (Lipinski definition) is 8. The highest BCUT2D eigenvalue weighted by atomic mass is 32.2. The third kappa shape index (κ3) is 5.01. The van der Waals surface area contributed by atoms with Crippen LogP contribution in [0.1, 0.15) is 37.0 Å². The van der Waals surface area contributed by atoms with E-state index in [0.29, 0.717) is 5.57 Å². The first-order chi connectivity index (χ1) is 15.2. The van der Waals surface area contributed by atoms with Gasteiger partial charge < -0.3 is 9.29 Å². The fraction of sp³-hybridized carbons (Fsp3) is 0.190.